The smallest absolute Gasteiger partial charge is 0.233 e. The van der Waals surface area contributed by atoms with E-state index < -0.39 is 0 Å². The molecule has 1 atom stereocenters. The van der Waals surface area contributed by atoms with Crippen LogP contribution in [0.25, 0.3) is 17.1 Å². The summed E-state index contributed by atoms with van der Waals surface area (Å²) in [6, 6.07) is 11.5. The topological polar surface area (TPSA) is 81.9 Å². The number of carbonyl (C=O) groups is 1. The maximum absolute atomic E-state index is 12.2. The van der Waals surface area contributed by atoms with Gasteiger partial charge in [0, 0.05) is 30.2 Å². The Balaban J connectivity index is 2.01. The fourth-order valence-corrected chi connectivity index (χ4v) is 3.55. The van der Waals surface area contributed by atoms with Crippen LogP contribution < -0.4 is 10.1 Å². The normalized spacial score (nSPS) is 11.8. The zero-order chi connectivity index (χ0) is 19.9. The van der Waals surface area contributed by atoms with Gasteiger partial charge < -0.3 is 10.1 Å². The van der Waals surface area contributed by atoms with Crippen LogP contribution in [-0.2, 0) is 4.79 Å². The summed E-state index contributed by atoms with van der Waals surface area (Å²) in [5.74, 6) is 1.46. The maximum atomic E-state index is 12.2. The zero-order valence-corrected chi connectivity index (χ0v) is 16.9. The van der Waals surface area contributed by atoms with Crippen LogP contribution in [0.3, 0.4) is 0 Å². The highest BCUT2D eigenvalue weighted by molar-refractivity contribution is 8.00. The number of aromatic nitrogens is 4. The molecule has 3 aromatic rings. The molecular weight excluding hydrogens is 374 g/mol. The van der Waals surface area contributed by atoms with Gasteiger partial charge in [-0.2, -0.15) is 0 Å². The molecule has 2 aromatic heterocycles. The monoisotopic (exact) mass is 397 g/mol. The SMILES string of the molecule is CCNC(=O)[C@H](C)Sc1nnc(-c2ccncc2)n1-c1ccc(OCC)cc1. The van der Waals surface area contributed by atoms with Crippen LogP contribution in [0.4, 0.5) is 0 Å². The van der Waals surface area contributed by atoms with Gasteiger partial charge in [0.05, 0.1) is 11.9 Å². The molecule has 0 unspecified atom stereocenters. The molecule has 146 valence electrons. The third kappa shape index (κ3) is 4.51. The van der Waals surface area contributed by atoms with E-state index in [1.54, 1.807) is 12.4 Å². The quantitative estimate of drug-likeness (QED) is 0.587. The first-order chi connectivity index (χ1) is 13.6. The van der Waals surface area contributed by atoms with Gasteiger partial charge in [-0.1, -0.05) is 11.8 Å². The molecular formula is C20H23N5O2S. The molecule has 8 heteroatoms. The van der Waals surface area contributed by atoms with Gasteiger partial charge in [0.1, 0.15) is 5.75 Å². The van der Waals surface area contributed by atoms with Gasteiger partial charge >= 0.3 is 0 Å². The van der Waals surface area contributed by atoms with Crippen molar-refractivity contribution in [2.24, 2.45) is 0 Å². The van der Waals surface area contributed by atoms with Crippen molar-refractivity contribution in [3.05, 3.63) is 48.8 Å². The highest BCUT2D eigenvalue weighted by atomic mass is 32.2. The summed E-state index contributed by atoms with van der Waals surface area (Å²) in [5, 5.41) is 11.9. The molecule has 1 N–H and O–H groups in total. The van der Waals surface area contributed by atoms with Crippen molar-refractivity contribution in [2.75, 3.05) is 13.2 Å². The second kappa shape index (κ2) is 9.36. The van der Waals surface area contributed by atoms with E-state index in [1.807, 2.05) is 61.7 Å². The fourth-order valence-electron chi connectivity index (χ4n) is 2.65. The molecule has 0 aliphatic heterocycles. The summed E-state index contributed by atoms with van der Waals surface area (Å²) in [6.45, 7) is 6.92. The fraction of sp³-hybridized carbons (Fsp3) is 0.300. The minimum atomic E-state index is -0.295. The van der Waals surface area contributed by atoms with Gasteiger partial charge in [-0.15, -0.1) is 10.2 Å². The van der Waals surface area contributed by atoms with Crippen molar-refractivity contribution in [3.8, 4) is 22.8 Å². The molecule has 0 saturated carbocycles. The third-order valence-corrected chi connectivity index (χ3v) is 5.02. The van der Waals surface area contributed by atoms with Crippen molar-refractivity contribution in [1.29, 1.82) is 0 Å². The summed E-state index contributed by atoms with van der Waals surface area (Å²) < 4.78 is 7.49. The number of nitrogens with one attached hydrogen (secondary N) is 1. The average molecular weight is 398 g/mol. The predicted molar refractivity (Wildman–Crippen MR) is 110 cm³/mol. The molecule has 0 aliphatic rings. The molecule has 0 saturated heterocycles. The number of pyridine rings is 1. The Kier molecular flexibility index (Phi) is 6.65. The van der Waals surface area contributed by atoms with Crippen molar-refractivity contribution in [1.82, 2.24) is 25.1 Å². The van der Waals surface area contributed by atoms with Gasteiger partial charge in [-0.25, -0.2) is 0 Å². The third-order valence-electron chi connectivity index (χ3n) is 3.98. The molecule has 0 spiro atoms. The maximum Gasteiger partial charge on any atom is 0.233 e. The lowest BCUT2D eigenvalue weighted by Gasteiger charge is -2.14. The highest BCUT2D eigenvalue weighted by Gasteiger charge is 2.21. The number of carbonyl (C=O) groups excluding carboxylic acids is 1. The van der Waals surface area contributed by atoms with E-state index in [9.17, 15) is 4.79 Å². The van der Waals surface area contributed by atoms with Crippen LogP contribution in [0.5, 0.6) is 5.75 Å². The Bertz CT molecular complexity index is 912. The van der Waals surface area contributed by atoms with Crippen molar-refractivity contribution >= 4 is 17.7 Å². The van der Waals surface area contributed by atoms with E-state index in [1.165, 1.54) is 11.8 Å². The Hall–Kier alpha value is -2.87. The lowest BCUT2D eigenvalue weighted by molar-refractivity contribution is -0.120. The van der Waals surface area contributed by atoms with E-state index in [0.717, 1.165) is 17.0 Å². The minimum Gasteiger partial charge on any atom is -0.494 e. The van der Waals surface area contributed by atoms with Gasteiger partial charge in [0.2, 0.25) is 5.91 Å². The van der Waals surface area contributed by atoms with Gasteiger partial charge in [0.15, 0.2) is 11.0 Å². The first-order valence-electron chi connectivity index (χ1n) is 9.17. The average Bonchev–Trinajstić information content (AvgIpc) is 3.13. The van der Waals surface area contributed by atoms with E-state index in [0.29, 0.717) is 24.1 Å². The minimum absolute atomic E-state index is 0.0285. The number of benzene rings is 1. The predicted octanol–water partition coefficient (Wildman–Crippen LogP) is 3.34. The summed E-state index contributed by atoms with van der Waals surface area (Å²) in [6.07, 6.45) is 3.44. The molecule has 28 heavy (non-hydrogen) atoms. The number of thioether (sulfide) groups is 1. The van der Waals surface area contributed by atoms with E-state index >= 15 is 0 Å². The Labute approximate surface area is 168 Å². The van der Waals surface area contributed by atoms with Crippen molar-refractivity contribution in [3.63, 3.8) is 0 Å². The van der Waals surface area contributed by atoms with Crippen LogP contribution in [0, 0.1) is 0 Å². The van der Waals surface area contributed by atoms with Crippen molar-refractivity contribution < 1.29 is 9.53 Å². The molecule has 0 bridgehead atoms. The lowest BCUT2D eigenvalue weighted by atomic mass is 10.2. The van der Waals surface area contributed by atoms with Crippen molar-refractivity contribution in [2.45, 2.75) is 31.2 Å². The van der Waals surface area contributed by atoms with E-state index in [2.05, 4.69) is 20.5 Å². The van der Waals surface area contributed by atoms with E-state index in [-0.39, 0.29) is 11.2 Å². The number of hydrogen-bond acceptors (Lipinski definition) is 6. The summed E-state index contributed by atoms with van der Waals surface area (Å²) in [4.78, 5) is 16.2. The number of ether oxygens (including phenoxy) is 1. The number of hydrogen-bond donors (Lipinski definition) is 1. The van der Waals surface area contributed by atoms with E-state index in [4.69, 9.17) is 4.74 Å². The number of rotatable bonds is 8. The Morgan fingerprint density at radius 1 is 1.14 bits per heavy atom. The molecule has 7 nitrogen and oxygen atoms in total. The first-order valence-corrected chi connectivity index (χ1v) is 10.1. The highest BCUT2D eigenvalue weighted by Crippen LogP contribution is 2.30. The molecule has 0 fully saturated rings. The second-order valence-corrected chi connectivity index (χ2v) is 7.27. The number of nitrogens with zero attached hydrogens (tertiary/aromatic N) is 4. The van der Waals surface area contributed by atoms with Crippen LogP contribution in [0.2, 0.25) is 0 Å². The Morgan fingerprint density at radius 3 is 2.50 bits per heavy atom. The van der Waals surface area contributed by atoms with Gasteiger partial charge in [-0.05, 0) is 57.2 Å². The standard InChI is InChI=1S/C20H23N5O2S/c1-4-22-19(26)14(3)28-20-24-23-18(15-10-12-21-13-11-15)25(20)16-6-8-17(9-7-16)27-5-2/h6-14H,4-5H2,1-3H3,(H,22,26)/t14-/m0/s1. The van der Waals surface area contributed by atoms with Gasteiger partial charge in [0.25, 0.3) is 0 Å². The molecule has 0 aliphatic carbocycles. The Morgan fingerprint density at radius 2 is 1.86 bits per heavy atom. The molecule has 0 radical (unpaired) electrons. The molecule has 3 rings (SSSR count). The lowest BCUT2D eigenvalue weighted by Crippen LogP contribution is -2.30. The molecule has 1 aromatic carbocycles. The molecule has 2 heterocycles. The summed E-state index contributed by atoms with van der Waals surface area (Å²) in [5.41, 5.74) is 1.79. The number of amides is 1. The van der Waals surface area contributed by atoms with Crippen LogP contribution in [-0.4, -0.2) is 44.1 Å². The van der Waals surface area contributed by atoms with Gasteiger partial charge in [-0.3, -0.25) is 14.3 Å². The largest absolute Gasteiger partial charge is 0.494 e. The van der Waals surface area contributed by atoms with Crippen LogP contribution >= 0.6 is 11.8 Å². The zero-order valence-electron chi connectivity index (χ0n) is 16.1. The second-order valence-electron chi connectivity index (χ2n) is 5.96. The van der Waals surface area contributed by atoms with Crippen LogP contribution in [0.15, 0.2) is 53.9 Å². The summed E-state index contributed by atoms with van der Waals surface area (Å²) in [7, 11) is 0. The molecule has 1 amide bonds. The first kappa shape index (κ1) is 19.9. The van der Waals surface area contributed by atoms with Crippen LogP contribution in [0.1, 0.15) is 20.8 Å². The summed E-state index contributed by atoms with van der Waals surface area (Å²) >= 11 is 1.37.